The van der Waals surface area contributed by atoms with Gasteiger partial charge in [-0.3, -0.25) is 14.4 Å². The number of carbonyl (C=O) groups excluding carboxylic acids is 3. The summed E-state index contributed by atoms with van der Waals surface area (Å²) in [5.41, 5.74) is 0.00235. The van der Waals surface area contributed by atoms with Gasteiger partial charge in [0.2, 0.25) is 11.9 Å². The van der Waals surface area contributed by atoms with Crippen LogP contribution in [0.15, 0.2) is 30.3 Å². The molecule has 3 rings (SSSR count). The smallest absolute Gasteiger partial charge is 0.308 e. The van der Waals surface area contributed by atoms with Crippen LogP contribution >= 0.6 is 0 Å². The largest absolute Gasteiger partial charge is 0.508 e. The van der Waals surface area contributed by atoms with E-state index in [2.05, 4.69) is 0 Å². The Hall–Kier alpha value is -3.75. The van der Waals surface area contributed by atoms with Crippen molar-refractivity contribution in [3.05, 3.63) is 41.5 Å². The lowest BCUT2D eigenvalue weighted by atomic mass is 9.92. The molecule has 0 saturated carbocycles. The molecule has 0 unspecified atom stereocenters. The number of hydrogen-bond donors (Lipinski definition) is 3. The summed E-state index contributed by atoms with van der Waals surface area (Å²) in [7, 11) is 0. The number of phenols is 3. The summed E-state index contributed by atoms with van der Waals surface area (Å²) in [5.74, 6) is -3.58. The van der Waals surface area contributed by atoms with E-state index in [1.807, 2.05) is 0 Å². The van der Waals surface area contributed by atoms with Crippen LogP contribution in [0.25, 0.3) is 0 Å². The van der Waals surface area contributed by atoms with Crippen LogP contribution in [-0.4, -0.2) is 39.1 Å². The van der Waals surface area contributed by atoms with E-state index in [1.165, 1.54) is 25.1 Å². The first kappa shape index (κ1) is 19.0. The highest BCUT2D eigenvalue weighted by Gasteiger charge is 2.42. The molecular formula is C19H16O9. The number of ether oxygens (including phenoxy) is 3. The monoisotopic (exact) mass is 388 g/mol. The topological polar surface area (TPSA) is 140 Å². The van der Waals surface area contributed by atoms with Crippen molar-refractivity contribution in [2.75, 3.05) is 0 Å². The van der Waals surface area contributed by atoms with Gasteiger partial charge in [-0.1, -0.05) is 6.07 Å². The van der Waals surface area contributed by atoms with Gasteiger partial charge in [-0.15, -0.1) is 0 Å². The van der Waals surface area contributed by atoms with Gasteiger partial charge in [0, 0.05) is 31.5 Å². The van der Waals surface area contributed by atoms with Crippen molar-refractivity contribution >= 4 is 17.7 Å². The molecule has 2 atom stereocenters. The average molecular weight is 388 g/mol. The minimum Gasteiger partial charge on any atom is -0.508 e. The Kier molecular flexibility index (Phi) is 4.83. The van der Waals surface area contributed by atoms with Gasteiger partial charge < -0.3 is 29.5 Å². The number of hydrogen-bond acceptors (Lipinski definition) is 9. The van der Waals surface area contributed by atoms with Crippen molar-refractivity contribution < 1.29 is 43.9 Å². The number of esters is 2. The van der Waals surface area contributed by atoms with Gasteiger partial charge in [-0.2, -0.15) is 0 Å². The maximum absolute atomic E-state index is 12.8. The number of phenolic OH excluding ortho intramolecular Hbond substituents is 3. The first-order valence-corrected chi connectivity index (χ1v) is 8.12. The van der Waals surface area contributed by atoms with E-state index in [9.17, 15) is 29.7 Å². The number of ketones is 1. The molecular weight excluding hydrogens is 372 g/mol. The SMILES string of the molecule is CC(=O)Oc1ccc([C@H]2Oc3cc(O)cc(O)c3C(=O)[C@@H]2OC(C)=O)cc1O. The van der Waals surface area contributed by atoms with E-state index in [0.717, 1.165) is 19.1 Å². The van der Waals surface area contributed by atoms with Crippen LogP contribution in [0.3, 0.4) is 0 Å². The highest BCUT2D eigenvalue weighted by Crippen LogP contribution is 2.43. The lowest BCUT2D eigenvalue weighted by Gasteiger charge is -2.32. The Morgan fingerprint density at radius 2 is 1.71 bits per heavy atom. The minimum absolute atomic E-state index is 0.0990. The van der Waals surface area contributed by atoms with Gasteiger partial charge in [0.05, 0.1) is 0 Å². The molecule has 0 bridgehead atoms. The van der Waals surface area contributed by atoms with E-state index in [0.29, 0.717) is 0 Å². The lowest BCUT2D eigenvalue weighted by Crippen LogP contribution is -2.39. The Morgan fingerprint density at radius 3 is 2.32 bits per heavy atom. The Morgan fingerprint density at radius 1 is 1.00 bits per heavy atom. The van der Waals surface area contributed by atoms with E-state index >= 15 is 0 Å². The maximum atomic E-state index is 12.8. The van der Waals surface area contributed by atoms with E-state index in [1.54, 1.807) is 0 Å². The minimum atomic E-state index is -1.44. The molecule has 28 heavy (non-hydrogen) atoms. The summed E-state index contributed by atoms with van der Waals surface area (Å²) in [4.78, 5) is 35.4. The summed E-state index contributed by atoms with van der Waals surface area (Å²) in [6.07, 6.45) is -2.62. The van der Waals surface area contributed by atoms with Crippen LogP contribution in [0.5, 0.6) is 28.7 Å². The van der Waals surface area contributed by atoms with Crippen LogP contribution in [0.2, 0.25) is 0 Å². The van der Waals surface area contributed by atoms with Crippen molar-refractivity contribution in [1.29, 1.82) is 0 Å². The van der Waals surface area contributed by atoms with Crippen molar-refractivity contribution in [3.63, 3.8) is 0 Å². The third-order valence-electron chi connectivity index (χ3n) is 3.96. The van der Waals surface area contributed by atoms with Crippen molar-refractivity contribution in [2.24, 2.45) is 0 Å². The van der Waals surface area contributed by atoms with Crippen LogP contribution in [-0.2, 0) is 14.3 Å². The van der Waals surface area contributed by atoms with E-state index in [4.69, 9.17) is 14.2 Å². The zero-order valence-corrected chi connectivity index (χ0v) is 14.8. The second-order valence-corrected chi connectivity index (χ2v) is 6.09. The fourth-order valence-corrected chi connectivity index (χ4v) is 2.90. The molecule has 9 nitrogen and oxygen atoms in total. The van der Waals surface area contributed by atoms with Crippen LogP contribution < -0.4 is 9.47 Å². The molecule has 0 saturated heterocycles. The molecule has 1 aliphatic rings. The van der Waals surface area contributed by atoms with Crippen LogP contribution in [0, 0.1) is 0 Å². The number of fused-ring (bicyclic) bond motifs is 1. The zero-order valence-electron chi connectivity index (χ0n) is 14.8. The first-order chi connectivity index (χ1) is 13.2. The number of Topliss-reactive ketones (excluding diaryl/α,β-unsaturated/α-hetero) is 1. The highest BCUT2D eigenvalue weighted by atomic mass is 16.6. The van der Waals surface area contributed by atoms with Crippen LogP contribution in [0.1, 0.15) is 35.9 Å². The standard InChI is InChI=1S/C19H16O9/c1-8(20)26-14-4-3-10(5-12(14)23)18-19(27-9(2)21)17(25)16-13(24)6-11(22)7-15(16)28-18/h3-7,18-19,22-24H,1-2H3/t18-,19+/m1/s1. The molecule has 3 N–H and O–H groups in total. The fourth-order valence-electron chi connectivity index (χ4n) is 2.90. The number of aromatic hydroxyl groups is 3. The van der Waals surface area contributed by atoms with Crippen molar-refractivity contribution in [3.8, 4) is 28.7 Å². The predicted molar refractivity (Wildman–Crippen MR) is 92.4 cm³/mol. The normalized spacial score (nSPS) is 18.0. The average Bonchev–Trinajstić information content (AvgIpc) is 2.57. The number of carbonyl (C=O) groups is 3. The summed E-state index contributed by atoms with van der Waals surface area (Å²) >= 11 is 0. The Balaban J connectivity index is 2.07. The molecule has 2 aromatic rings. The third-order valence-corrected chi connectivity index (χ3v) is 3.96. The van der Waals surface area contributed by atoms with Gasteiger partial charge in [0.25, 0.3) is 0 Å². The van der Waals surface area contributed by atoms with E-state index < -0.39 is 41.4 Å². The Bertz CT molecular complexity index is 980. The predicted octanol–water partition coefficient (Wildman–Crippen LogP) is 1.98. The summed E-state index contributed by atoms with van der Waals surface area (Å²) < 4.78 is 15.6. The molecule has 0 radical (unpaired) electrons. The molecule has 9 heteroatoms. The first-order valence-electron chi connectivity index (χ1n) is 8.12. The summed E-state index contributed by atoms with van der Waals surface area (Å²) in [6, 6.07) is 6.00. The summed E-state index contributed by atoms with van der Waals surface area (Å²) in [5, 5.41) is 29.7. The molecule has 1 aliphatic heterocycles. The second-order valence-electron chi connectivity index (χ2n) is 6.09. The van der Waals surface area contributed by atoms with E-state index in [-0.39, 0.29) is 28.4 Å². The fraction of sp³-hybridized carbons (Fsp3) is 0.211. The Labute approximate surface area is 158 Å². The molecule has 0 amide bonds. The van der Waals surface area contributed by atoms with Gasteiger partial charge in [-0.25, -0.2) is 0 Å². The van der Waals surface area contributed by atoms with Gasteiger partial charge in [-0.05, 0) is 12.1 Å². The highest BCUT2D eigenvalue weighted by molar-refractivity contribution is 6.06. The van der Waals surface area contributed by atoms with Crippen molar-refractivity contribution in [1.82, 2.24) is 0 Å². The quantitative estimate of drug-likeness (QED) is 0.532. The molecule has 0 aromatic heterocycles. The molecule has 0 aliphatic carbocycles. The molecule has 1 heterocycles. The van der Waals surface area contributed by atoms with Gasteiger partial charge in [0.15, 0.2) is 17.6 Å². The number of rotatable bonds is 3. The van der Waals surface area contributed by atoms with Gasteiger partial charge >= 0.3 is 11.9 Å². The molecule has 2 aromatic carbocycles. The summed E-state index contributed by atoms with van der Waals surface area (Å²) in [6.45, 7) is 2.28. The van der Waals surface area contributed by atoms with Crippen LogP contribution in [0.4, 0.5) is 0 Å². The third kappa shape index (κ3) is 3.54. The maximum Gasteiger partial charge on any atom is 0.308 e. The second kappa shape index (κ2) is 7.10. The lowest BCUT2D eigenvalue weighted by molar-refractivity contribution is -0.149. The molecule has 0 fully saturated rings. The zero-order chi connectivity index (χ0) is 20.6. The molecule has 146 valence electrons. The van der Waals surface area contributed by atoms with Crippen molar-refractivity contribution in [2.45, 2.75) is 26.1 Å². The van der Waals surface area contributed by atoms with Gasteiger partial charge in [0.1, 0.15) is 22.8 Å². The molecule has 0 spiro atoms. The number of benzene rings is 2.